The molecule has 0 aromatic heterocycles. The van der Waals surface area contributed by atoms with Gasteiger partial charge in [-0.2, -0.15) is 0 Å². The van der Waals surface area contributed by atoms with Crippen LogP contribution in [0.15, 0.2) is 83.5 Å². The maximum Gasteiger partial charge on any atom is 0.531 e. The number of carbonyl (C=O) groups excluding carboxylic acids is 2. The van der Waals surface area contributed by atoms with E-state index in [0.717, 1.165) is 6.61 Å². The summed E-state index contributed by atoms with van der Waals surface area (Å²) in [6.45, 7) is 2.63. The van der Waals surface area contributed by atoms with Crippen molar-refractivity contribution in [2.24, 2.45) is 5.92 Å². The summed E-state index contributed by atoms with van der Waals surface area (Å²) in [6, 6.07) is -0.622. The molecule has 3 atom stereocenters. The van der Waals surface area contributed by atoms with E-state index in [0.29, 0.717) is 30.6 Å². The van der Waals surface area contributed by atoms with Gasteiger partial charge in [0.25, 0.3) is 0 Å². The number of β-lactam (4-membered cyclic amide) rings is 1. The molecule has 0 spiro atoms. The molecule has 41 heavy (non-hydrogen) atoms. The summed E-state index contributed by atoms with van der Waals surface area (Å²) in [5.41, 5.74) is 0.295. The number of nitro groups is 1. The van der Waals surface area contributed by atoms with Gasteiger partial charge in [-0.25, -0.2) is 9.36 Å². The Morgan fingerprint density at radius 1 is 1.07 bits per heavy atom. The number of phosphoric acid groups is 1. The lowest BCUT2D eigenvalue weighted by Crippen LogP contribution is -2.61. The van der Waals surface area contributed by atoms with E-state index >= 15 is 0 Å². The number of phosphoric ester groups is 1. The third kappa shape index (κ3) is 6.36. The largest absolute Gasteiger partial charge is 0.531 e. The maximum atomic E-state index is 14.1. The highest BCUT2D eigenvalue weighted by molar-refractivity contribution is 7.48. The van der Waals surface area contributed by atoms with Crippen molar-refractivity contribution >= 4 is 19.7 Å². The van der Waals surface area contributed by atoms with Crippen LogP contribution in [0.4, 0.5) is 0 Å². The molecule has 0 aromatic rings. The van der Waals surface area contributed by atoms with Crippen molar-refractivity contribution in [3.63, 3.8) is 0 Å². The fourth-order valence-corrected chi connectivity index (χ4v) is 6.36. The van der Waals surface area contributed by atoms with Crippen LogP contribution in [0.5, 0.6) is 0 Å². The lowest BCUT2D eigenvalue weighted by Gasteiger charge is -2.44. The molecular formula is C28H28N2O10P. The SMILES string of the molecule is C[C@@H](O)[C@H]1C(=O)N2C(C(=O)O[CH]C3=CCC([N+](=O)[O-])=CC3)=C(OP(=O)(O[C]3C=CC=CC3)O[C]3C=CC=CC3)C[C@H]12. The van der Waals surface area contributed by atoms with Gasteiger partial charge in [-0.15, -0.1) is 0 Å². The summed E-state index contributed by atoms with van der Waals surface area (Å²) in [6.07, 6.45) is 17.3. The van der Waals surface area contributed by atoms with Gasteiger partial charge in [-0.1, -0.05) is 42.5 Å². The predicted octanol–water partition coefficient (Wildman–Crippen LogP) is 4.65. The average molecular weight is 584 g/mol. The minimum absolute atomic E-state index is 0.0315. The summed E-state index contributed by atoms with van der Waals surface area (Å²) in [4.78, 5) is 37.9. The van der Waals surface area contributed by atoms with Crippen molar-refractivity contribution in [1.82, 2.24) is 4.90 Å². The van der Waals surface area contributed by atoms with E-state index in [4.69, 9.17) is 18.3 Å². The van der Waals surface area contributed by atoms with Crippen LogP contribution < -0.4 is 0 Å². The number of allylic oxidation sites excluding steroid dienone is 6. The van der Waals surface area contributed by atoms with Gasteiger partial charge in [0.05, 0.1) is 29.4 Å². The van der Waals surface area contributed by atoms with Crippen LogP contribution in [0.1, 0.15) is 39.0 Å². The second-order valence-electron chi connectivity index (χ2n) is 9.82. The van der Waals surface area contributed by atoms with Crippen LogP contribution in [0.25, 0.3) is 0 Å². The molecule has 5 aliphatic rings. The quantitative estimate of drug-likeness (QED) is 0.119. The molecule has 3 aliphatic carbocycles. The second-order valence-corrected chi connectivity index (χ2v) is 11.3. The Bertz CT molecular complexity index is 1340. The Morgan fingerprint density at radius 2 is 1.73 bits per heavy atom. The van der Waals surface area contributed by atoms with Gasteiger partial charge in [0, 0.05) is 19.3 Å². The Kier molecular flexibility index (Phi) is 8.55. The third-order valence-corrected chi connectivity index (χ3v) is 8.32. The summed E-state index contributed by atoms with van der Waals surface area (Å²) in [5, 5.41) is 21.1. The van der Waals surface area contributed by atoms with Gasteiger partial charge in [0.2, 0.25) is 11.6 Å². The van der Waals surface area contributed by atoms with E-state index < -0.39 is 42.7 Å². The molecular weight excluding hydrogens is 555 g/mol. The number of ether oxygens (including phenoxy) is 1. The van der Waals surface area contributed by atoms with Gasteiger partial charge < -0.3 is 14.4 Å². The van der Waals surface area contributed by atoms with Crippen LogP contribution in [0.2, 0.25) is 0 Å². The summed E-state index contributed by atoms with van der Waals surface area (Å²) < 4.78 is 36.8. The molecule has 3 radical (unpaired) electrons. The fraction of sp³-hybridized carbons (Fsp3) is 0.321. The van der Waals surface area contributed by atoms with Crippen molar-refractivity contribution in [2.75, 3.05) is 0 Å². The number of hydrogen-bond donors (Lipinski definition) is 1. The maximum absolute atomic E-state index is 14.1. The number of rotatable bonds is 11. The third-order valence-electron chi connectivity index (χ3n) is 6.96. The van der Waals surface area contributed by atoms with E-state index in [9.17, 15) is 29.4 Å². The van der Waals surface area contributed by atoms with Crippen molar-refractivity contribution < 1.29 is 42.5 Å². The minimum atomic E-state index is -4.44. The zero-order chi connectivity index (χ0) is 29.1. The monoisotopic (exact) mass is 583 g/mol. The molecule has 2 heterocycles. The number of aliphatic hydroxyl groups excluding tert-OH is 1. The van der Waals surface area contributed by atoms with E-state index in [1.807, 2.05) is 0 Å². The van der Waals surface area contributed by atoms with Gasteiger partial charge in [-0.05, 0) is 37.1 Å². The molecule has 1 amide bonds. The second kappa shape index (κ2) is 12.1. The molecule has 0 bridgehead atoms. The van der Waals surface area contributed by atoms with E-state index in [-0.39, 0.29) is 36.4 Å². The van der Waals surface area contributed by atoms with Gasteiger partial charge in [0.1, 0.15) is 18.0 Å². The highest BCUT2D eigenvalue weighted by Gasteiger charge is 2.59. The van der Waals surface area contributed by atoms with Crippen LogP contribution in [-0.4, -0.2) is 39.0 Å². The number of amides is 1. The Morgan fingerprint density at radius 3 is 2.24 bits per heavy atom. The Balaban J connectivity index is 1.38. The lowest BCUT2D eigenvalue weighted by atomic mass is 9.83. The Hall–Kier alpha value is -3.57. The molecule has 12 nitrogen and oxygen atoms in total. The van der Waals surface area contributed by atoms with Crippen LogP contribution >= 0.6 is 7.82 Å². The van der Waals surface area contributed by atoms with Crippen molar-refractivity contribution in [2.45, 2.75) is 51.2 Å². The predicted molar refractivity (Wildman–Crippen MR) is 143 cm³/mol. The van der Waals surface area contributed by atoms with Gasteiger partial charge in [-0.3, -0.25) is 28.9 Å². The summed E-state index contributed by atoms with van der Waals surface area (Å²) in [5.74, 6) is -2.39. The number of hydrogen-bond acceptors (Lipinski definition) is 10. The first kappa shape index (κ1) is 28.9. The first-order chi connectivity index (χ1) is 19.6. The van der Waals surface area contributed by atoms with Crippen molar-refractivity contribution in [1.29, 1.82) is 0 Å². The fourth-order valence-electron chi connectivity index (χ4n) is 4.97. The number of nitrogens with zero attached hydrogens (tertiary/aromatic N) is 2. The number of fused-ring (bicyclic) bond motifs is 1. The first-order valence-corrected chi connectivity index (χ1v) is 14.5. The highest BCUT2D eigenvalue weighted by atomic mass is 31.2. The standard InChI is InChI=1S/C28H28N2O10P/c1-18(31)25-23-16-24(40-41(36,38-21-8-4-2-5-9-21)39-22-10-6-3-7-11-22)26(29(23)27(25)32)28(33)37-17-19-12-14-20(15-13-19)30(34)35/h2-8,10,12,15,17-18,23,25,31H,9,11,13-14,16H2,1H3/t18-,23-,25-/m1/s1. The molecule has 1 fully saturated rings. The molecule has 0 aromatic carbocycles. The molecule has 1 N–H and O–H groups in total. The zero-order valence-electron chi connectivity index (χ0n) is 22.1. The number of esters is 1. The van der Waals surface area contributed by atoms with Gasteiger partial charge >= 0.3 is 13.8 Å². The number of carbonyl (C=O) groups is 2. The van der Waals surface area contributed by atoms with Crippen molar-refractivity contribution in [3.8, 4) is 0 Å². The molecule has 0 saturated carbocycles. The lowest BCUT2D eigenvalue weighted by molar-refractivity contribution is -0.427. The topological polar surface area (TPSA) is 155 Å². The average Bonchev–Trinajstić information content (AvgIpc) is 3.25. The van der Waals surface area contributed by atoms with Gasteiger partial charge in [0.15, 0.2) is 12.3 Å². The van der Waals surface area contributed by atoms with E-state index in [2.05, 4.69) is 0 Å². The smallest absolute Gasteiger partial charge is 0.449 e. The molecule has 2 aliphatic heterocycles. The first-order valence-electron chi connectivity index (χ1n) is 13.0. The minimum Gasteiger partial charge on any atom is -0.449 e. The molecule has 215 valence electrons. The Labute approximate surface area is 236 Å². The zero-order valence-corrected chi connectivity index (χ0v) is 23.0. The van der Waals surface area contributed by atoms with E-state index in [1.165, 1.54) is 17.9 Å². The molecule has 13 heteroatoms. The summed E-state index contributed by atoms with van der Waals surface area (Å²) >= 11 is 0. The molecule has 0 unspecified atom stereocenters. The summed E-state index contributed by atoms with van der Waals surface area (Å²) in [7, 11) is -4.44. The van der Waals surface area contributed by atoms with Crippen LogP contribution in [0, 0.1) is 34.8 Å². The normalized spacial score (nSPS) is 25.0. The molecule has 1 saturated heterocycles. The highest BCUT2D eigenvalue weighted by Crippen LogP contribution is 2.60. The van der Waals surface area contributed by atoms with Crippen molar-refractivity contribution in [3.05, 3.63) is 112 Å². The van der Waals surface area contributed by atoms with Crippen LogP contribution in [0.3, 0.4) is 0 Å². The number of aliphatic hydroxyl groups is 1. The molecule has 5 rings (SSSR count). The van der Waals surface area contributed by atoms with Crippen LogP contribution in [-0.2, 0) is 32.5 Å². The van der Waals surface area contributed by atoms with E-state index in [1.54, 1.807) is 54.7 Å².